The van der Waals surface area contributed by atoms with Crippen LogP contribution in [-0.2, 0) is 23.1 Å². The highest BCUT2D eigenvalue weighted by Crippen LogP contribution is 2.21. The minimum Gasteiger partial charge on any atom is -0.347 e. The van der Waals surface area contributed by atoms with E-state index in [9.17, 15) is 18.9 Å². The van der Waals surface area contributed by atoms with Gasteiger partial charge in [-0.15, -0.1) is 4.40 Å². The van der Waals surface area contributed by atoms with Crippen molar-refractivity contribution in [1.82, 2.24) is 4.90 Å². The summed E-state index contributed by atoms with van der Waals surface area (Å²) in [6, 6.07) is 34.6. The number of hydrogen-bond donors (Lipinski definition) is 0. The number of aryl methyl sites for hydroxylation is 1. The van der Waals surface area contributed by atoms with Crippen LogP contribution in [0.5, 0.6) is 0 Å². The molecule has 4 aromatic rings. The number of allylic oxidation sites excluding steroid dienone is 2. The molecule has 41 heavy (non-hydrogen) atoms. The number of amidine groups is 1. The monoisotopic (exact) mass is 556 g/mol. The minimum atomic E-state index is -4.08. The van der Waals surface area contributed by atoms with Gasteiger partial charge in [0.1, 0.15) is 5.84 Å². The summed E-state index contributed by atoms with van der Waals surface area (Å²) in [5, 5.41) is 18.5. The number of rotatable bonds is 9. The molecule has 0 aliphatic rings. The van der Waals surface area contributed by atoms with Gasteiger partial charge in [0.25, 0.3) is 10.0 Å². The van der Waals surface area contributed by atoms with Gasteiger partial charge in [0.2, 0.25) is 0 Å². The van der Waals surface area contributed by atoms with Gasteiger partial charge in [-0.3, -0.25) is 0 Å². The van der Waals surface area contributed by atoms with Crippen molar-refractivity contribution in [2.24, 2.45) is 4.40 Å². The van der Waals surface area contributed by atoms with Crippen molar-refractivity contribution in [1.29, 1.82) is 10.5 Å². The topological polar surface area (TPSA) is 97.3 Å². The maximum atomic E-state index is 13.6. The predicted molar refractivity (Wildman–Crippen MR) is 162 cm³/mol. The molecule has 0 bridgehead atoms. The number of nitrogens with zero attached hydrogens (tertiary/aromatic N) is 4. The molecule has 0 unspecified atom stereocenters. The quantitative estimate of drug-likeness (QED) is 0.128. The van der Waals surface area contributed by atoms with Crippen LogP contribution >= 0.6 is 0 Å². The van der Waals surface area contributed by atoms with Gasteiger partial charge in [0, 0.05) is 13.1 Å². The standard InChI is InChI=1S/C34H28N4O2S/c1-3-31(32-7-5-4-6-8-32)21-34(37-41(39,40)33-19-9-26(2)10-20-33)38(24-29-15-11-27(22-35)12-16-29)25-30-17-13-28(23-36)14-18-30/h3-21H,1,24-25H2,2H3/b31-21-,37-34-. The zero-order chi connectivity index (χ0) is 29.2. The molecule has 202 valence electrons. The average molecular weight is 557 g/mol. The maximum absolute atomic E-state index is 13.6. The molecule has 0 aromatic heterocycles. The molecule has 6 nitrogen and oxygen atoms in total. The molecule has 4 rings (SSSR count). The summed E-state index contributed by atoms with van der Waals surface area (Å²) in [7, 11) is -4.08. The van der Waals surface area contributed by atoms with Crippen LogP contribution in [-0.4, -0.2) is 19.2 Å². The van der Waals surface area contributed by atoms with Gasteiger partial charge in [-0.1, -0.05) is 84.9 Å². The number of hydrogen-bond acceptors (Lipinski definition) is 4. The molecule has 0 N–H and O–H groups in total. The van der Waals surface area contributed by atoms with Crippen LogP contribution in [0.4, 0.5) is 0 Å². The SMILES string of the molecule is C=C/C(=C/C(=N/S(=O)(=O)c1ccc(C)cc1)N(Cc1ccc(C#N)cc1)Cc1ccc(C#N)cc1)c1ccccc1. The summed E-state index contributed by atoms with van der Waals surface area (Å²) in [4.78, 5) is 1.95. The molecule has 0 atom stereocenters. The Morgan fingerprint density at radius 1 is 0.805 bits per heavy atom. The molecule has 0 heterocycles. The van der Waals surface area contributed by atoms with E-state index in [2.05, 4.69) is 23.1 Å². The normalized spacial score (nSPS) is 11.8. The molecule has 4 aromatic carbocycles. The molecule has 0 saturated heterocycles. The first-order valence-corrected chi connectivity index (χ1v) is 14.3. The second kappa shape index (κ2) is 13.2. The molecule has 0 spiro atoms. The number of sulfonamides is 1. The molecule has 0 aliphatic heterocycles. The summed E-state index contributed by atoms with van der Waals surface area (Å²) >= 11 is 0. The summed E-state index contributed by atoms with van der Waals surface area (Å²) in [5.41, 5.74) is 5.29. The van der Waals surface area contributed by atoms with Crippen molar-refractivity contribution in [3.05, 3.63) is 155 Å². The van der Waals surface area contributed by atoms with Gasteiger partial charge < -0.3 is 4.90 Å². The lowest BCUT2D eigenvalue weighted by atomic mass is 10.0. The van der Waals surface area contributed by atoms with Crippen molar-refractivity contribution < 1.29 is 8.42 Å². The molecular weight excluding hydrogens is 528 g/mol. The summed E-state index contributed by atoms with van der Waals surface area (Å²) < 4.78 is 31.6. The van der Waals surface area contributed by atoms with E-state index in [0.29, 0.717) is 29.8 Å². The van der Waals surface area contributed by atoms with Crippen molar-refractivity contribution in [3.8, 4) is 12.1 Å². The first kappa shape index (κ1) is 28.8. The Morgan fingerprint density at radius 3 is 1.78 bits per heavy atom. The Morgan fingerprint density at radius 2 is 1.32 bits per heavy atom. The van der Waals surface area contributed by atoms with E-state index in [-0.39, 0.29) is 10.7 Å². The van der Waals surface area contributed by atoms with Crippen LogP contribution < -0.4 is 0 Å². The van der Waals surface area contributed by atoms with Crippen molar-refractivity contribution in [3.63, 3.8) is 0 Å². The van der Waals surface area contributed by atoms with E-state index in [1.165, 1.54) is 0 Å². The lowest BCUT2D eigenvalue weighted by Crippen LogP contribution is -2.30. The molecular formula is C34H28N4O2S. The largest absolute Gasteiger partial charge is 0.347 e. The summed E-state index contributed by atoms with van der Waals surface area (Å²) in [6.45, 7) is 6.48. The smallest absolute Gasteiger partial charge is 0.284 e. The lowest BCUT2D eigenvalue weighted by molar-refractivity contribution is 0.409. The zero-order valence-corrected chi connectivity index (χ0v) is 23.4. The van der Waals surface area contributed by atoms with Gasteiger partial charge in [-0.2, -0.15) is 18.9 Å². The number of nitriles is 2. The lowest BCUT2D eigenvalue weighted by Gasteiger charge is -2.26. The van der Waals surface area contributed by atoms with Crippen LogP contribution in [0.3, 0.4) is 0 Å². The molecule has 0 radical (unpaired) electrons. The highest BCUT2D eigenvalue weighted by molar-refractivity contribution is 7.90. The Labute approximate surface area is 241 Å². The van der Waals surface area contributed by atoms with E-state index in [1.54, 1.807) is 60.7 Å². The van der Waals surface area contributed by atoms with Gasteiger partial charge in [0.05, 0.1) is 28.2 Å². The molecule has 0 amide bonds. The Balaban J connectivity index is 1.88. The van der Waals surface area contributed by atoms with E-state index in [1.807, 2.05) is 66.4 Å². The Bertz CT molecular complexity index is 1700. The van der Waals surface area contributed by atoms with E-state index >= 15 is 0 Å². The van der Waals surface area contributed by atoms with Crippen LogP contribution in [0, 0.1) is 29.6 Å². The second-order valence-electron chi connectivity index (χ2n) is 9.38. The highest BCUT2D eigenvalue weighted by Gasteiger charge is 2.19. The van der Waals surface area contributed by atoms with E-state index in [4.69, 9.17) is 0 Å². The van der Waals surface area contributed by atoms with Crippen LogP contribution in [0.25, 0.3) is 5.57 Å². The van der Waals surface area contributed by atoms with Gasteiger partial charge in [0.15, 0.2) is 0 Å². The predicted octanol–water partition coefficient (Wildman–Crippen LogP) is 6.80. The Kier molecular flexibility index (Phi) is 9.27. The summed E-state index contributed by atoms with van der Waals surface area (Å²) in [5.74, 6) is 0.220. The fourth-order valence-corrected chi connectivity index (χ4v) is 5.12. The highest BCUT2D eigenvalue weighted by atomic mass is 32.2. The van der Waals surface area contributed by atoms with Crippen molar-refractivity contribution >= 4 is 21.4 Å². The van der Waals surface area contributed by atoms with Gasteiger partial charge in [-0.25, -0.2) is 0 Å². The average Bonchev–Trinajstić information content (AvgIpc) is 3.00. The second-order valence-corrected chi connectivity index (χ2v) is 11.0. The van der Waals surface area contributed by atoms with Crippen LogP contribution in [0.15, 0.2) is 131 Å². The maximum Gasteiger partial charge on any atom is 0.284 e. The molecule has 0 fully saturated rings. The first-order chi connectivity index (χ1) is 19.8. The third-order valence-corrected chi connectivity index (χ3v) is 7.68. The third kappa shape index (κ3) is 7.67. The van der Waals surface area contributed by atoms with Crippen molar-refractivity contribution in [2.45, 2.75) is 24.9 Å². The minimum absolute atomic E-state index is 0.0885. The van der Waals surface area contributed by atoms with Crippen LogP contribution in [0.1, 0.15) is 33.4 Å². The molecule has 0 aliphatic carbocycles. The molecule has 7 heteroatoms. The van der Waals surface area contributed by atoms with Gasteiger partial charge in [-0.05, 0) is 71.7 Å². The number of benzene rings is 4. The van der Waals surface area contributed by atoms with Crippen molar-refractivity contribution in [2.75, 3.05) is 0 Å². The fraction of sp³-hybridized carbons (Fsp3) is 0.0882. The van der Waals surface area contributed by atoms with Crippen LogP contribution in [0.2, 0.25) is 0 Å². The van der Waals surface area contributed by atoms with Gasteiger partial charge >= 0.3 is 0 Å². The Hall–Kier alpha value is -5.24. The van der Waals surface area contributed by atoms with E-state index < -0.39 is 10.0 Å². The molecule has 0 saturated carbocycles. The first-order valence-electron chi connectivity index (χ1n) is 12.9. The third-order valence-electron chi connectivity index (χ3n) is 6.38. The van der Waals surface area contributed by atoms with E-state index in [0.717, 1.165) is 22.3 Å². The fourth-order valence-electron chi connectivity index (χ4n) is 4.12. The summed E-state index contributed by atoms with van der Waals surface area (Å²) in [6.07, 6.45) is 3.40. The zero-order valence-electron chi connectivity index (χ0n) is 22.6.